The van der Waals surface area contributed by atoms with Crippen LogP contribution in [-0.2, 0) is 6.54 Å². The second-order valence-electron chi connectivity index (χ2n) is 4.03. The average Bonchev–Trinajstić information content (AvgIpc) is 3.06. The number of nitrogens with zero attached hydrogens (tertiary/aromatic N) is 3. The molecular formula is C11H11FN4O. The van der Waals surface area contributed by atoms with Gasteiger partial charge in [0.25, 0.3) is 0 Å². The second-order valence-corrected chi connectivity index (χ2v) is 4.03. The fourth-order valence-electron chi connectivity index (χ4n) is 1.46. The summed E-state index contributed by atoms with van der Waals surface area (Å²) in [5, 5.41) is 7.07. The average molecular weight is 234 g/mol. The van der Waals surface area contributed by atoms with Gasteiger partial charge in [0.1, 0.15) is 11.5 Å². The third kappa shape index (κ3) is 2.47. The monoisotopic (exact) mass is 234 g/mol. The van der Waals surface area contributed by atoms with Crippen molar-refractivity contribution < 1.29 is 8.91 Å². The smallest absolute Gasteiger partial charge is 0.240 e. The molecule has 0 saturated heterocycles. The van der Waals surface area contributed by atoms with E-state index in [1.54, 1.807) is 0 Å². The number of rotatable bonds is 4. The maximum atomic E-state index is 12.7. The van der Waals surface area contributed by atoms with Crippen molar-refractivity contribution in [3.8, 4) is 11.5 Å². The summed E-state index contributed by atoms with van der Waals surface area (Å²) in [7, 11) is 0. The first kappa shape index (κ1) is 10.3. The zero-order valence-corrected chi connectivity index (χ0v) is 9.06. The van der Waals surface area contributed by atoms with Crippen LogP contribution in [0.15, 0.2) is 22.9 Å². The molecule has 17 heavy (non-hydrogen) atoms. The molecule has 6 heteroatoms. The lowest BCUT2D eigenvalue weighted by molar-refractivity contribution is 0.367. The zero-order chi connectivity index (χ0) is 11.7. The van der Waals surface area contributed by atoms with Crippen LogP contribution in [0.1, 0.15) is 18.7 Å². The molecule has 88 valence electrons. The minimum Gasteiger partial charge on any atom is -0.337 e. The molecule has 0 aliphatic heterocycles. The van der Waals surface area contributed by atoms with E-state index in [-0.39, 0.29) is 5.82 Å². The van der Waals surface area contributed by atoms with Gasteiger partial charge in [-0.1, -0.05) is 5.16 Å². The van der Waals surface area contributed by atoms with Crippen LogP contribution in [0.3, 0.4) is 0 Å². The van der Waals surface area contributed by atoms with Crippen LogP contribution in [-0.4, -0.2) is 21.2 Å². The molecule has 0 radical (unpaired) electrons. The molecule has 1 fully saturated rings. The predicted molar refractivity (Wildman–Crippen MR) is 57.3 cm³/mol. The first-order chi connectivity index (χ1) is 8.31. The van der Waals surface area contributed by atoms with Crippen LogP contribution in [0.5, 0.6) is 0 Å². The normalized spacial score (nSPS) is 15.1. The van der Waals surface area contributed by atoms with Crippen molar-refractivity contribution >= 4 is 0 Å². The van der Waals surface area contributed by atoms with E-state index in [9.17, 15) is 4.39 Å². The van der Waals surface area contributed by atoms with E-state index in [0.29, 0.717) is 30.0 Å². The van der Waals surface area contributed by atoms with E-state index < -0.39 is 0 Å². The molecule has 1 aliphatic rings. The number of pyridine rings is 1. The Balaban J connectivity index is 1.72. The van der Waals surface area contributed by atoms with Crippen LogP contribution >= 0.6 is 0 Å². The van der Waals surface area contributed by atoms with E-state index in [0.717, 1.165) is 6.20 Å². The molecule has 0 aromatic carbocycles. The minimum absolute atomic E-state index is 0.382. The highest BCUT2D eigenvalue weighted by atomic mass is 19.1. The Morgan fingerprint density at radius 3 is 3.00 bits per heavy atom. The summed E-state index contributed by atoms with van der Waals surface area (Å²) in [6.07, 6.45) is 3.55. The van der Waals surface area contributed by atoms with Crippen LogP contribution in [0.4, 0.5) is 4.39 Å². The SMILES string of the molecule is Fc1ccc(-c2noc(CNC3CC3)n2)nc1. The highest BCUT2D eigenvalue weighted by Crippen LogP contribution is 2.19. The lowest BCUT2D eigenvalue weighted by Crippen LogP contribution is -2.15. The Kier molecular flexibility index (Phi) is 2.56. The van der Waals surface area contributed by atoms with E-state index in [1.807, 2.05) is 0 Å². The largest absolute Gasteiger partial charge is 0.337 e. The third-order valence-electron chi connectivity index (χ3n) is 2.54. The van der Waals surface area contributed by atoms with E-state index in [2.05, 4.69) is 20.4 Å². The maximum absolute atomic E-state index is 12.7. The van der Waals surface area contributed by atoms with E-state index >= 15 is 0 Å². The van der Waals surface area contributed by atoms with Crippen molar-refractivity contribution in [3.63, 3.8) is 0 Å². The van der Waals surface area contributed by atoms with Crippen molar-refractivity contribution in [2.45, 2.75) is 25.4 Å². The molecule has 3 rings (SSSR count). The number of halogens is 1. The molecule has 2 aromatic heterocycles. The quantitative estimate of drug-likeness (QED) is 0.869. The third-order valence-corrected chi connectivity index (χ3v) is 2.54. The summed E-state index contributed by atoms with van der Waals surface area (Å²) in [5.74, 6) is 0.531. The fourth-order valence-corrected chi connectivity index (χ4v) is 1.46. The predicted octanol–water partition coefficient (Wildman–Crippen LogP) is 1.52. The Bertz CT molecular complexity index is 506. The van der Waals surface area contributed by atoms with Gasteiger partial charge < -0.3 is 9.84 Å². The molecule has 1 N–H and O–H groups in total. The summed E-state index contributed by atoms with van der Waals surface area (Å²) < 4.78 is 17.8. The van der Waals surface area contributed by atoms with Crippen LogP contribution in [0.2, 0.25) is 0 Å². The second kappa shape index (κ2) is 4.21. The van der Waals surface area contributed by atoms with Crippen molar-refractivity contribution in [1.82, 2.24) is 20.4 Å². The number of hydrogen-bond donors (Lipinski definition) is 1. The molecule has 0 spiro atoms. The van der Waals surface area contributed by atoms with Gasteiger partial charge in [0.05, 0.1) is 12.7 Å². The molecule has 2 aromatic rings. The van der Waals surface area contributed by atoms with Crippen molar-refractivity contribution in [2.75, 3.05) is 0 Å². The van der Waals surface area contributed by atoms with Crippen LogP contribution in [0, 0.1) is 5.82 Å². The summed E-state index contributed by atoms with van der Waals surface area (Å²) >= 11 is 0. The van der Waals surface area contributed by atoms with Crippen molar-refractivity contribution in [2.24, 2.45) is 0 Å². The summed E-state index contributed by atoms with van der Waals surface area (Å²) in [6.45, 7) is 0.568. The highest BCUT2D eigenvalue weighted by molar-refractivity contribution is 5.47. The van der Waals surface area contributed by atoms with Crippen LogP contribution < -0.4 is 5.32 Å². The van der Waals surface area contributed by atoms with E-state index in [1.165, 1.54) is 25.0 Å². The first-order valence-corrected chi connectivity index (χ1v) is 5.49. The van der Waals surface area contributed by atoms with Gasteiger partial charge >= 0.3 is 0 Å². The topological polar surface area (TPSA) is 63.8 Å². The van der Waals surface area contributed by atoms with E-state index in [4.69, 9.17) is 4.52 Å². The Morgan fingerprint density at radius 2 is 2.29 bits per heavy atom. The van der Waals surface area contributed by atoms with Gasteiger partial charge in [-0.2, -0.15) is 4.98 Å². The van der Waals surface area contributed by atoms with Crippen molar-refractivity contribution in [1.29, 1.82) is 0 Å². The number of aromatic nitrogens is 3. The highest BCUT2D eigenvalue weighted by Gasteiger charge is 2.21. The summed E-state index contributed by atoms with van der Waals surface area (Å²) in [5.41, 5.74) is 0.507. The first-order valence-electron chi connectivity index (χ1n) is 5.49. The molecule has 0 unspecified atom stereocenters. The fraction of sp³-hybridized carbons (Fsp3) is 0.364. The van der Waals surface area contributed by atoms with Gasteiger partial charge in [0, 0.05) is 6.04 Å². The van der Waals surface area contributed by atoms with Gasteiger partial charge in [-0.15, -0.1) is 0 Å². The molecular weight excluding hydrogens is 223 g/mol. The Labute approximate surface area is 97.1 Å². The zero-order valence-electron chi connectivity index (χ0n) is 9.06. The Morgan fingerprint density at radius 1 is 1.41 bits per heavy atom. The minimum atomic E-state index is -0.382. The van der Waals surface area contributed by atoms with Crippen LogP contribution in [0.25, 0.3) is 11.5 Å². The molecule has 1 saturated carbocycles. The molecule has 1 aliphatic carbocycles. The van der Waals surface area contributed by atoms with Gasteiger partial charge in [0.15, 0.2) is 0 Å². The molecule has 5 nitrogen and oxygen atoms in total. The Hall–Kier alpha value is -1.82. The van der Waals surface area contributed by atoms with Gasteiger partial charge in [-0.3, -0.25) is 0 Å². The summed E-state index contributed by atoms with van der Waals surface area (Å²) in [4.78, 5) is 8.07. The molecule has 2 heterocycles. The lowest BCUT2D eigenvalue weighted by atomic mass is 10.3. The van der Waals surface area contributed by atoms with Gasteiger partial charge in [-0.05, 0) is 25.0 Å². The summed E-state index contributed by atoms with van der Waals surface area (Å²) in [6, 6.07) is 3.44. The number of nitrogens with one attached hydrogen (secondary N) is 1. The van der Waals surface area contributed by atoms with Gasteiger partial charge in [0.2, 0.25) is 11.7 Å². The van der Waals surface area contributed by atoms with Gasteiger partial charge in [-0.25, -0.2) is 9.37 Å². The maximum Gasteiger partial charge on any atom is 0.240 e. The lowest BCUT2D eigenvalue weighted by Gasteiger charge is -1.94. The standard InChI is InChI=1S/C11H11FN4O/c12-7-1-4-9(14-5-7)11-15-10(17-16-11)6-13-8-2-3-8/h1,4-5,8,13H,2-3,6H2. The molecule has 0 atom stereocenters. The van der Waals surface area contributed by atoms with Crippen molar-refractivity contribution in [3.05, 3.63) is 30.0 Å². The molecule has 0 amide bonds. The molecule has 0 bridgehead atoms. The number of hydrogen-bond acceptors (Lipinski definition) is 5.